The number of benzene rings is 1. The second-order valence-corrected chi connectivity index (χ2v) is 3.50. The number of anilines is 2. The zero-order valence-corrected chi connectivity index (χ0v) is 9.60. The van der Waals surface area contributed by atoms with E-state index in [1.807, 2.05) is 5.32 Å². The Hall–Kier alpha value is -2.16. The largest absolute Gasteiger partial charge is 0.406 e. The second-order valence-electron chi connectivity index (χ2n) is 3.50. The monoisotopic (exact) mass is 276 g/mol. The fourth-order valence-corrected chi connectivity index (χ4v) is 1.32. The number of hydrogen-bond donors (Lipinski definition) is 2. The highest BCUT2D eigenvalue weighted by molar-refractivity contribution is 5.54. The van der Waals surface area contributed by atoms with E-state index >= 15 is 0 Å². The van der Waals surface area contributed by atoms with Crippen molar-refractivity contribution in [2.75, 3.05) is 12.4 Å². The van der Waals surface area contributed by atoms with Crippen LogP contribution in [0.3, 0.4) is 0 Å². The van der Waals surface area contributed by atoms with Crippen LogP contribution in [0.2, 0.25) is 0 Å². The molecule has 0 unspecified atom stereocenters. The van der Waals surface area contributed by atoms with Crippen molar-refractivity contribution in [2.24, 2.45) is 0 Å². The summed E-state index contributed by atoms with van der Waals surface area (Å²) >= 11 is 0. The fraction of sp³-hybridized carbons (Fsp3) is 0.200. The zero-order valence-electron chi connectivity index (χ0n) is 9.60. The molecule has 0 amide bonds. The van der Waals surface area contributed by atoms with Crippen molar-refractivity contribution in [3.8, 4) is 0 Å². The van der Waals surface area contributed by atoms with E-state index in [0.717, 1.165) is 0 Å². The molecule has 1 aromatic carbocycles. The van der Waals surface area contributed by atoms with Crippen LogP contribution in [-0.4, -0.2) is 17.2 Å². The average Bonchev–Trinajstić information content (AvgIpc) is 2.80. The van der Waals surface area contributed by atoms with Crippen molar-refractivity contribution in [3.05, 3.63) is 35.2 Å². The number of nitrogens with one attached hydrogen (secondary N) is 2. The third kappa shape index (κ3) is 2.65. The number of halogens is 4. The van der Waals surface area contributed by atoms with Crippen LogP contribution in [0.5, 0.6) is 0 Å². The average molecular weight is 276 g/mol. The molecular weight excluding hydrogens is 268 g/mol. The lowest BCUT2D eigenvalue weighted by Gasteiger charge is -2.06. The molecule has 2 N–H and O–H groups in total. The number of hydrogen-bond acceptors (Lipinski definition) is 5. The van der Waals surface area contributed by atoms with E-state index in [-0.39, 0.29) is 24.5 Å². The van der Waals surface area contributed by atoms with Crippen molar-refractivity contribution >= 4 is 11.7 Å². The standard InChI is InChI=1S/C10H8F4N4O/c1-15-3-6-17-18-10(19-6)16-9-7(13)4(11)2-5(12)8(9)14/h2,15H,3H2,1H3,(H,16,18). The molecule has 0 fully saturated rings. The van der Waals surface area contributed by atoms with E-state index in [2.05, 4.69) is 15.5 Å². The van der Waals surface area contributed by atoms with Gasteiger partial charge in [-0.1, -0.05) is 5.10 Å². The van der Waals surface area contributed by atoms with Crippen molar-refractivity contribution < 1.29 is 22.0 Å². The molecular formula is C10H8F4N4O. The van der Waals surface area contributed by atoms with Gasteiger partial charge in [0.15, 0.2) is 23.3 Å². The van der Waals surface area contributed by atoms with Crippen LogP contribution in [0.4, 0.5) is 29.3 Å². The summed E-state index contributed by atoms with van der Waals surface area (Å²) in [6.45, 7) is 0.233. The molecule has 2 rings (SSSR count). The molecule has 19 heavy (non-hydrogen) atoms. The van der Waals surface area contributed by atoms with Gasteiger partial charge in [0.05, 0.1) is 6.54 Å². The summed E-state index contributed by atoms with van der Waals surface area (Å²) in [7, 11) is 1.62. The van der Waals surface area contributed by atoms with Crippen LogP contribution in [0.1, 0.15) is 5.89 Å². The summed E-state index contributed by atoms with van der Waals surface area (Å²) in [5.41, 5.74) is -1.03. The molecule has 1 aromatic heterocycles. The first-order valence-electron chi connectivity index (χ1n) is 5.10. The highest BCUT2D eigenvalue weighted by Gasteiger charge is 2.20. The van der Waals surface area contributed by atoms with E-state index in [1.165, 1.54) is 0 Å². The lowest BCUT2D eigenvalue weighted by Crippen LogP contribution is -2.05. The predicted molar refractivity (Wildman–Crippen MR) is 56.6 cm³/mol. The summed E-state index contributed by atoms with van der Waals surface area (Å²) < 4.78 is 57.5. The minimum atomic E-state index is -1.58. The molecule has 0 spiro atoms. The van der Waals surface area contributed by atoms with Crippen LogP contribution in [-0.2, 0) is 6.54 Å². The Balaban J connectivity index is 2.32. The smallest absolute Gasteiger partial charge is 0.320 e. The maximum absolute atomic E-state index is 13.3. The van der Waals surface area contributed by atoms with E-state index in [9.17, 15) is 17.6 Å². The molecule has 0 saturated carbocycles. The molecule has 0 bridgehead atoms. The maximum atomic E-state index is 13.3. The molecule has 0 saturated heterocycles. The Labute approximate surface area is 104 Å². The summed E-state index contributed by atoms with van der Waals surface area (Å²) in [5, 5.41) is 11.7. The molecule has 1 heterocycles. The lowest BCUT2D eigenvalue weighted by atomic mass is 10.2. The van der Waals surface area contributed by atoms with Gasteiger partial charge in [-0.15, -0.1) is 5.10 Å². The normalized spacial score (nSPS) is 10.8. The van der Waals surface area contributed by atoms with E-state index in [1.54, 1.807) is 7.05 Å². The Morgan fingerprint density at radius 1 is 1.11 bits per heavy atom. The van der Waals surface area contributed by atoms with Crippen molar-refractivity contribution in [1.82, 2.24) is 15.5 Å². The fourth-order valence-electron chi connectivity index (χ4n) is 1.32. The molecule has 0 atom stereocenters. The maximum Gasteiger partial charge on any atom is 0.320 e. The third-order valence-corrected chi connectivity index (χ3v) is 2.14. The summed E-state index contributed by atoms with van der Waals surface area (Å²) in [5.74, 6) is -6.07. The molecule has 5 nitrogen and oxygen atoms in total. The number of rotatable bonds is 4. The second kappa shape index (κ2) is 5.22. The highest BCUT2D eigenvalue weighted by atomic mass is 19.2. The van der Waals surface area contributed by atoms with Gasteiger partial charge in [0, 0.05) is 6.07 Å². The first-order valence-corrected chi connectivity index (χ1v) is 5.10. The third-order valence-electron chi connectivity index (χ3n) is 2.14. The zero-order chi connectivity index (χ0) is 14.0. The minimum Gasteiger partial charge on any atom is -0.406 e. The topological polar surface area (TPSA) is 63.0 Å². The summed E-state index contributed by atoms with van der Waals surface area (Å²) in [6, 6.07) is -0.274. The minimum absolute atomic E-state index is 0.107. The van der Waals surface area contributed by atoms with Gasteiger partial charge in [-0.3, -0.25) is 0 Å². The van der Waals surface area contributed by atoms with Gasteiger partial charge in [-0.2, -0.15) is 0 Å². The Bertz CT molecular complexity index is 575. The lowest BCUT2D eigenvalue weighted by molar-refractivity contribution is 0.456. The van der Waals surface area contributed by atoms with Gasteiger partial charge in [-0.25, -0.2) is 17.6 Å². The van der Waals surface area contributed by atoms with Gasteiger partial charge < -0.3 is 15.1 Å². The van der Waals surface area contributed by atoms with Gasteiger partial charge >= 0.3 is 6.01 Å². The Kier molecular flexibility index (Phi) is 3.65. The molecule has 0 aliphatic heterocycles. The van der Waals surface area contributed by atoms with E-state index in [4.69, 9.17) is 4.42 Å². The van der Waals surface area contributed by atoms with Crippen LogP contribution in [0.25, 0.3) is 0 Å². The highest BCUT2D eigenvalue weighted by Crippen LogP contribution is 2.26. The van der Waals surface area contributed by atoms with Gasteiger partial charge in [0.25, 0.3) is 0 Å². The summed E-state index contributed by atoms with van der Waals surface area (Å²) in [4.78, 5) is 0. The summed E-state index contributed by atoms with van der Waals surface area (Å²) in [6.07, 6.45) is 0. The molecule has 0 aliphatic carbocycles. The number of nitrogens with zero attached hydrogens (tertiary/aromatic N) is 2. The SMILES string of the molecule is CNCc1nnc(Nc2c(F)c(F)cc(F)c2F)o1. The van der Waals surface area contributed by atoms with Crippen LogP contribution in [0.15, 0.2) is 10.5 Å². The Morgan fingerprint density at radius 3 is 2.32 bits per heavy atom. The van der Waals surface area contributed by atoms with Crippen molar-refractivity contribution in [1.29, 1.82) is 0 Å². The van der Waals surface area contributed by atoms with Crippen LogP contribution >= 0.6 is 0 Å². The van der Waals surface area contributed by atoms with Crippen molar-refractivity contribution in [3.63, 3.8) is 0 Å². The van der Waals surface area contributed by atoms with E-state index in [0.29, 0.717) is 0 Å². The molecule has 2 aromatic rings. The quantitative estimate of drug-likeness (QED) is 0.661. The predicted octanol–water partition coefficient (Wildman–Crippen LogP) is 2.09. The molecule has 0 aliphatic rings. The van der Waals surface area contributed by atoms with Gasteiger partial charge in [-0.05, 0) is 7.05 Å². The van der Waals surface area contributed by atoms with Crippen LogP contribution in [0, 0.1) is 23.3 Å². The molecule has 0 radical (unpaired) electrons. The molecule has 9 heteroatoms. The van der Waals surface area contributed by atoms with Gasteiger partial charge in [0.1, 0.15) is 5.69 Å². The van der Waals surface area contributed by atoms with Gasteiger partial charge in [0.2, 0.25) is 5.89 Å². The molecule has 102 valence electrons. The van der Waals surface area contributed by atoms with E-state index < -0.39 is 29.0 Å². The number of aromatic nitrogens is 2. The Morgan fingerprint density at radius 2 is 1.74 bits per heavy atom. The van der Waals surface area contributed by atoms with Crippen LogP contribution < -0.4 is 10.6 Å². The van der Waals surface area contributed by atoms with Crippen molar-refractivity contribution in [2.45, 2.75) is 6.54 Å². The first kappa shape index (κ1) is 13.3. The first-order chi connectivity index (χ1) is 9.02.